The summed E-state index contributed by atoms with van der Waals surface area (Å²) in [6.07, 6.45) is 1.33. The zero-order valence-corrected chi connectivity index (χ0v) is 23.5. The summed E-state index contributed by atoms with van der Waals surface area (Å²) in [5, 5.41) is 9.70. The van der Waals surface area contributed by atoms with Crippen LogP contribution in [0.4, 0.5) is 5.69 Å². The van der Waals surface area contributed by atoms with E-state index < -0.39 is 11.8 Å². The molecule has 0 aliphatic rings. The maximum absolute atomic E-state index is 12.4. The minimum atomic E-state index is -0.909. The predicted octanol–water partition coefficient (Wildman–Crippen LogP) is 5.32. The van der Waals surface area contributed by atoms with Gasteiger partial charge in [-0.3, -0.25) is 14.4 Å². The monoisotopic (exact) mass is 598 g/mol. The lowest BCUT2D eigenvalue weighted by molar-refractivity contribution is -0.139. The van der Waals surface area contributed by atoms with E-state index in [0.717, 1.165) is 15.6 Å². The fourth-order valence-corrected chi connectivity index (χ4v) is 3.86. The minimum absolute atomic E-state index is 0.217. The Morgan fingerprint density at radius 3 is 2.47 bits per heavy atom. The van der Waals surface area contributed by atoms with E-state index in [4.69, 9.17) is 16.3 Å². The van der Waals surface area contributed by atoms with Crippen LogP contribution in [-0.2, 0) is 20.9 Å². The van der Waals surface area contributed by atoms with Crippen LogP contribution in [0.1, 0.15) is 42.0 Å². The molecule has 3 aromatic carbocycles. The van der Waals surface area contributed by atoms with Gasteiger partial charge in [-0.15, -0.1) is 0 Å². The molecule has 0 heterocycles. The van der Waals surface area contributed by atoms with Gasteiger partial charge in [0.05, 0.1) is 6.21 Å². The first kappa shape index (κ1) is 28.9. The number of hydrogen-bond acceptors (Lipinski definition) is 5. The lowest BCUT2D eigenvalue weighted by Crippen LogP contribution is -2.37. The number of nitrogens with zero attached hydrogens (tertiary/aromatic N) is 1. The SMILES string of the molecule is Cc1ccc(Cl)cc1NC(=O)COc1ccc(Br)cc1/C=N\NC(=O)C(=O)NCc1ccc(C(C)C)cc1. The van der Waals surface area contributed by atoms with Gasteiger partial charge >= 0.3 is 11.8 Å². The van der Waals surface area contributed by atoms with E-state index in [1.54, 1.807) is 36.4 Å². The van der Waals surface area contributed by atoms with Crippen LogP contribution in [0.5, 0.6) is 5.75 Å². The van der Waals surface area contributed by atoms with Crippen LogP contribution in [-0.4, -0.2) is 30.5 Å². The topological polar surface area (TPSA) is 109 Å². The van der Waals surface area contributed by atoms with Crippen molar-refractivity contribution in [1.29, 1.82) is 0 Å². The number of hydrogen-bond donors (Lipinski definition) is 3. The number of aryl methyl sites for hydroxylation is 1. The number of amides is 3. The van der Waals surface area contributed by atoms with E-state index in [1.165, 1.54) is 11.8 Å². The van der Waals surface area contributed by atoms with Crippen molar-refractivity contribution in [2.75, 3.05) is 11.9 Å². The number of carbonyl (C=O) groups excluding carboxylic acids is 3. The van der Waals surface area contributed by atoms with Gasteiger partial charge in [-0.05, 0) is 59.9 Å². The molecule has 0 aliphatic carbocycles. The number of anilines is 1. The average Bonchev–Trinajstić information content (AvgIpc) is 2.89. The number of hydrazone groups is 1. The zero-order chi connectivity index (χ0) is 27.7. The van der Waals surface area contributed by atoms with Crippen molar-refractivity contribution in [3.63, 3.8) is 0 Å². The van der Waals surface area contributed by atoms with Gasteiger partial charge < -0.3 is 15.4 Å². The molecule has 10 heteroatoms. The van der Waals surface area contributed by atoms with Crippen molar-refractivity contribution in [1.82, 2.24) is 10.7 Å². The molecular weight excluding hydrogens is 572 g/mol. The van der Waals surface area contributed by atoms with Gasteiger partial charge in [-0.2, -0.15) is 5.10 Å². The molecule has 0 saturated carbocycles. The lowest BCUT2D eigenvalue weighted by atomic mass is 10.0. The number of rotatable bonds is 9. The first-order valence-corrected chi connectivity index (χ1v) is 13.0. The summed E-state index contributed by atoms with van der Waals surface area (Å²) < 4.78 is 6.40. The number of benzene rings is 3. The van der Waals surface area contributed by atoms with Crippen molar-refractivity contribution in [3.8, 4) is 5.75 Å². The van der Waals surface area contributed by atoms with Gasteiger partial charge in [0.2, 0.25) is 0 Å². The van der Waals surface area contributed by atoms with E-state index in [9.17, 15) is 14.4 Å². The van der Waals surface area contributed by atoms with E-state index in [0.29, 0.717) is 27.9 Å². The van der Waals surface area contributed by atoms with Crippen LogP contribution in [0.2, 0.25) is 5.02 Å². The van der Waals surface area contributed by atoms with Crippen molar-refractivity contribution in [2.45, 2.75) is 33.2 Å². The molecule has 8 nitrogen and oxygen atoms in total. The summed E-state index contributed by atoms with van der Waals surface area (Å²) in [5.74, 6) is -1.32. The second kappa shape index (κ2) is 13.7. The van der Waals surface area contributed by atoms with Gasteiger partial charge in [0.25, 0.3) is 5.91 Å². The number of ether oxygens (including phenoxy) is 1. The number of nitrogens with one attached hydrogen (secondary N) is 3. The van der Waals surface area contributed by atoms with E-state index >= 15 is 0 Å². The van der Waals surface area contributed by atoms with E-state index in [2.05, 4.69) is 50.9 Å². The quantitative estimate of drug-likeness (QED) is 0.176. The molecular formula is C28H28BrClN4O4. The second-order valence-corrected chi connectivity index (χ2v) is 10.1. The minimum Gasteiger partial charge on any atom is -0.483 e. The molecule has 3 aromatic rings. The van der Waals surface area contributed by atoms with Crippen LogP contribution < -0.4 is 20.8 Å². The Morgan fingerprint density at radius 2 is 1.76 bits per heavy atom. The third-order valence-electron chi connectivity index (χ3n) is 5.48. The van der Waals surface area contributed by atoms with Crippen LogP contribution in [0, 0.1) is 6.92 Å². The molecule has 0 aliphatic heterocycles. The van der Waals surface area contributed by atoms with E-state index in [1.807, 2.05) is 31.2 Å². The molecule has 3 amide bonds. The highest BCUT2D eigenvalue weighted by Gasteiger charge is 2.13. The summed E-state index contributed by atoms with van der Waals surface area (Å²) >= 11 is 9.38. The van der Waals surface area contributed by atoms with Gasteiger partial charge in [0.1, 0.15) is 5.75 Å². The normalized spacial score (nSPS) is 10.9. The Morgan fingerprint density at radius 1 is 1.03 bits per heavy atom. The van der Waals surface area contributed by atoms with Crippen LogP contribution in [0.15, 0.2) is 70.2 Å². The summed E-state index contributed by atoms with van der Waals surface area (Å²) in [5.41, 5.74) is 6.22. The van der Waals surface area contributed by atoms with Gasteiger partial charge in [0, 0.05) is 27.3 Å². The van der Waals surface area contributed by atoms with Crippen molar-refractivity contribution < 1.29 is 19.1 Å². The third kappa shape index (κ3) is 8.71. The maximum atomic E-state index is 12.4. The first-order chi connectivity index (χ1) is 18.1. The predicted molar refractivity (Wildman–Crippen MR) is 153 cm³/mol. The smallest absolute Gasteiger partial charge is 0.329 e. The third-order valence-corrected chi connectivity index (χ3v) is 6.21. The molecule has 0 fully saturated rings. The van der Waals surface area contributed by atoms with Gasteiger partial charge in [-0.1, -0.05) is 71.7 Å². The van der Waals surface area contributed by atoms with Crippen molar-refractivity contribution in [2.24, 2.45) is 5.10 Å². The highest BCUT2D eigenvalue weighted by Crippen LogP contribution is 2.23. The molecule has 198 valence electrons. The Labute approximate surface area is 234 Å². The van der Waals surface area contributed by atoms with Crippen molar-refractivity contribution in [3.05, 3.63) is 92.4 Å². The number of carbonyl (C=O) groups is 3. The molecule has 0 unspecified atom stereocenters. The standard InChI is InChI=1S/C28H28BrClN4O4/c1-17(2)20-7-5-19(6-8-20)14-31-27(36)28(37)34-32-15-21-12-22(29)9-11-25(21)38-16-26(35)33-24-13-23(30)10-4-18(24)3/h4-13,15,17H,14,16H2,1-3H3,(H,31,36)(H,33,35)(H,34,37)/b32-15-. The molecule has 0 radical (unpaired) electrons. The summed E-state index contributed by atoms with van der Waals surface area (Å²) in [6.45, 7) is 6.01. The first-order valence-electron chi connectivity index (χ1n) is 11.8. The molecule has 0 bridgehead atoms. The number of halogens is 2. The van der Waals surface area contributed by atoms with Crippen LogP contribution in [0.3, 0.4) is 0 Å². The Hall–Kier alpha value is -3.69. The van der Waals surface area contributed by atoms with Crippen molar-refractivity contribution >= 4 is 57.2 Å². The zero-order valence-electron chi connectivity index (χ0n) is 21.2. The van der Waals surface area contributed by atoms with Gasteiger partial charge in [-0.25, -0.2) is 5.43 Å². The molecule has 3 N–H and O–H groups in total. The fourth-order valence-electron chi connectivity index (χ4n) is 3.30. The Balaban J connectivity index is 1.53. The highest BCUT2D eigenvalue weighted by atomic mass is 79.9. The maximum Gasteiger partial charge on any atom is 0.329 e. The second-order valence-electron chi connectivity index (χ2n) is 8.76. The highest BCUT2D eigenvalue weighted by molar-refractivity contribution is 9.10. The van der Waals surface area contributed by atoms with Crippen LogP contribution in [0.25, 0.3) is 0 Å². The molecule has 0 saturated heterocycles. The molecule has 3 rings (SSSR count). The molecule has 38 heavy (non-hydrogen) atoms. The largest absolute Gasteiger partial charge is 0.483 e. The van der Waals surface area contributed by atoms with Crippen LogP contribution >= 0.6 is 27.5 Å². The average molecular weight is 600 g/mol. The summed E-state index contributed by atoms with van der Waals surface area (Å²) in [6, 6.07) is 18.1. The molecule has 0 spiro atoms. The van der Waals surface area contributed by atoms with E-state index in [-0.39, 0.29) is 19.1 Å². The molecule has 0 aromatic heterocycles. The summed E-state index contributed by atoms with van der Waals surface area (Å²) in [7, 11) is 0. The molecule has 0 atom stereocenters. The fraction of sp³-hybridized carbons (Fsp3) is 0.214. The summed E-state index contributed by atoms with van der Waals surface area (Å²) in [4.78, 5) is 36.7. The Kier molecular flexibility index (Phi) is 10.4. The Bertz CT molecular complexity index is 1340. The van der Waals surface area contributed by atoms with Gasteiger partial charge in [0.15, 0.2) is 6.61 Å². The lowest BCUT2D eigenvalue weighted by Gasteiger charge is -2.11.